The van der Waals surface area contributed by atoms with Crippen LogP contribution < -0.4 is 0 Å². The first kappa shape index (κ1) is 7.17. The average Bonchev–Trinajstić information content (AvgIpc) is 2.81. The van der Waals surface area contributed by atoms with Gasteiger partial charge in [-0.25, -0.2) is 14.7 Å². The highest BCUT2D eigenvalue weighted by molar-refractivity contribution is 4.82. The molecule has 0 aromatic rings. The molecular formula is C9H17N4+. The Hall–Kier alpha value is -0.160. The first-order valence-electron chi connectivity index (χ1n) is 5.37. The Morgan fingerprint density at radius 3 is 1.62 bits per heavy atom. The van der Waals surface area contributed by atoms with E-state index in [1.54, 1.807) is 0 Å². The van der Waals surface area contributed by atoms with E-state index in [-0.39, 0.29) is 0 Å². The molecule has 4 aliphatic heterocycles. The van der Waals surface area contributed by atoms with Gasteiger partial charge in [-0.05, 0) is 0 Å². The summed E-state index contributed by atoms with van der Waals surface area (Å²) in [5.74, 6) is 0. The molecule has 72 valence electrons. The highest BCUT2D eigenvalue weighted by Gasteiger charge is 2.55. The minimum atomic E-state index is 1.01. The molecule has 1 aliphatic carbocycles. The van der Waals surface area contributed by atoms with Crippen LogP contribution in [0.3, 0.4) is 0 Å². The fourth-order valence-electron chi connectivity index (χ4n) is 3.55. The van der Waals surface area contributed by atoms with Gasteiger partial charge in [0.05, 0.1) is 26.0 Å². The zero-order chi connectivity index (χ0) is 8.47. The Bertz CT molecular complexity index is 213. The highest BCUT2D eigenvalue weighted by atomic mass is 15.7. The molecule has 0 spiro atoms. The van der Waals surface area contributed by atoms with Gasteiger partial charge in [-0.15, -0.1) is 0 Å². The molecule has 0 unspecified atom stereocenters. The third-order valence-electron chi connectivity index (χ3n) is 3.97. The Labute approximate surface area is 78.9 Å². The van der Waals surface area contributed by atoms with Gasteiger partial charge >= 0.3 is 0 Å². The maximum atomic E-state index is 2.61. The lowest BCUT2D eigenvalue weighted by Crippen LogP contribution is -2.79. The molecule has 13 heavy (non-hydrogen) atoms. The Morgan fingerprint density at radius 2 is 1.23 bits per heavy atom. The van der Waals surface area contributed by atoms with E-state index in [4.69, 9.17) is 0 Å². The molecule has 0 amide bonds. The summed E-state index contributed by atoms with van der Waals surface area (Å²) in [6.45, 7) is 7.67. The Morgan fingerprint density at radius 1 is 0.769 bits per heavy atom. The molecule has 0 aromatic heterocycles. The summed E-state index contributed by atoms with van der Waals surface area (Å²) in [5, 5.41) is 0. The molecule has 4 bridgehead atoms. The van der Waals surface area contributed by atoms with Gasteiger partial charge in [0.2, 0.25) is 0 Å². The van der Waals surface area contributed by atoms with Crippen LogP contribution in [0.5, 0.6) is 0 Å². The summed E-state index contributed by atoms with van der Waals surface area (Å²) in [6, 6.07) is 1.01. The topological polar surface area (TPSA) is 9.72 Å². The van der Waals surface area contributed by atoms with Crippen molar-refractivity contribution in [1.82, 2.24) is 14.7 Å². The van der Waals surface area contributed by atoms with E-state index in [0.717, 1.165) is 6.04 Å². The summed E-state index contributed by atoms with van der Waals surface area (Å²) in [7, 11) is 0. The highest BCUT2D eigenvalue weighted by Crippen LogP contribution is 2.40. The number of hydrogen-bond acceptors (Lipinski definition) is 3. The van der Waals surface area contributed by atoms with Crippen LogP contribution in [-0.2, 0) is 0 Å². The number of quaternary nitrogens is 1. The lowest BCUT2D eigenvalue weighted by Gasteiger charge is -2.61. The van der Waals surface area contributed by atoms with Crippen LogP contribution in [0, 0.1) is 0 Å². The molecule has 4 saturated heterocycles. The zero-order valence-corrected chi connectivity index (χ0v) is 8.02. The quantitative estimate of drug-likeness (QED) is 0.512. The average molecular weight is 181 g/mol. The van der Waals surface area contributed by atoms with Gasteiger partial charge in [-0.3, -0.25) is 4.48 Å². The third kappa shape index (κ3) is 0.892. The fourth-order valence-corrected chi connectivity index (χ4v) is 3.55. The molecule has 0 aromatic carbocycles. The predicted octanol–water partition coefficient (Wildman–Crippen LogP) is -0.343. The second-order valence-electron chi connectivity index (χ2n) is 5.31. The Balaban J connectivity index is 1.71. The second-order valence-corrected chi connectivity index (χ2v) is 5.31. The van der Waals surface area contributed by atoms with Crippen LogP contribution in [0.2, 0.25) is 0 Å². The summed E-state index contributed by atoms with van der Waals surface area (Å²) in [6.07, 6.45) is 2.96. The van der Waals surface area contributed by atoms with Crippen LogP contribution in [-0.4, -0.2) is 65.2 Å². The number of rotatable bonds is 1. The van der Waals surface area contributed by atoms with Crippen molar-refractivity contribution in [2.75, 3.05) is 40.0 Å². The summed E-state index contributed by atoms with van der Waals surface area (Å²) in [4.78, 5) is 7.82. The van der Waals surface area contributed by atoms with Crippen molar-refractivity contribution in [1.29, 1.82) is 0 Å². The van der Waals surface area contributed by atoms with E-state index >= 15 is 0 Å². The molecule has 0 N–H and O–H groups in total. The minimum absolute atomic E-state index is 1.01. The smallest absolute Gasteiger partial charge is 0.139 e. The van der Waals surface area contributed by atoms with Crippen molar-refractivity contribution in [3.63, 3.8) is 0 Å². The van der Waals surface area contributed by atoms with Gasteiger partial charge in [-0.1, -0.05) is 0 Å². The molecule has 0 radical (unpaired) electrons. The van der Waals surface area contributed by atoms with E-state index in [1.807, 2.05) is 0 Å². The largest absolute Gasteiger partial charge is 0.283 e. The molecular weight excluding hydrogens is 164 g/mol. The SMILES string of the molecule is C1CC1[N+]12CN3CN(CN(C3)C1)C2. The normalized spacial score (nSPS) is 58.6. The van der Waals surface area contributed by atoms with Gasteiger partial charge < -0.3 is 0 Å². The van der Waals surface area contributed by atoms with Crippen molar-refractivity contribution in [2.24, 2.45) is 0 Å². The van der Waals surface area contributed by atoms with Gasteiger partial charge in [0.1, 0.15) is 20.0 Å². The Kier molecular flexibility index (Phi) is 1.15. The van der Waals surface area contributed by atoms with Crippen LogP contribution in [0.4, 0.5) is 0 Å². The molecule has 4 heterocycles. The molecule has 5 aliphatic rings. The van der Waals surface area contributed by atoms with E-state index in [0.29, 0.717) is 0 Å². The van der Waals surface area contributed by atoms with Crippen molar-refractivity contribution < 1.29 is 4.48 Å². The van der Waals surface area contributed by atoms with Crippen molar-refractivity contribution in [2.45, 2.75) is 18.9 Å². The van der Waals surface area contributed by atoms with E-state index in [9.17, 15) is 0 Å². The van der Waals surface area contributed by atoms with E-state index < -0.39 is 0 Å². The van der Waals surface area contributed by atoms with Crippen molar-refractivity contribution in [3.05, 3.63) is 0 Å². The molecule has 0 atom stereocenters. The standard InChI is InChI=1S/C9H17N4/c1-2-9(1)13-6-10-3-11(7-13)5-12(4-10)8-13/h9H,1-8H2/q+1. The van der Waals surface area contributed by atoms with Gasteiger partial charge in [-0.2, -0.15) is 0 Å². The molecule has 4 heteroatoms. The second kappa shape index (κ2) is 2.08. The summed E-state index contributed by atoms with van der Waals surface area (Å²) >= 11 is 0. The van der Waals surface area contributed by atoms with Gasteiger partial charge in [0.15, 0.2) is 0 Å². The zero-order valence-electron chi connectivity index (χ0n) is 8.02. The van der Waals surface area contributed by atoms with Gasteiger partial charge in [0.25, 0.3) is 0 Å². The van der Waals surface area contributed by atoms with Crippen molar-refractivity contribution in [3.8, 4) is 0 Å². The number of nitrogens with zero attached hydrogens (tertiary/aromatic N) is 4. The maximum absolute atomic E-state index is 2.61. The van der Waals surface area contributed by atoms with Crippen LogP contribution >= 0.6 is 0 Å². The minimum Gasteiger partial charge on any atom is -0.283 e. The number of hydrogen-bond donors (Lipinski definition) is 0. The molecule has 4 nitrogen and oxygen atoms in total. The fraction of sp³-hybridized carbons (Fsp3) is 1.00. The van der Waals surface area contributed by atoms with Gasteiger partial charge in [0, 0.05) is 12.8 Å². The van der Waals surface area contributed by atoms with Crippen molar-refractivity contribution >= 4 is 0 Å². The first-order chi connectivity index (χ1) is 6.34. The molecule has 1 saturated carbocycles. The van der Waals surface area contributed by atoms with E-state index in [1.165, 1.54) is 57.3 Å². The van der Waals surface area contributed by atoms with E-state index in [2.05, 4.69) is 14.7 Å². The monoisotopic (exact) mass is 181 g/mol. The molecule has 5 rings (SSSR count). The maximum Gasteiger partial charge on any atom is 0.139 e. The summed E-state index contributed by atoms with van der Waals surface area (Å²) in [5.41, 5.74) is 0. The van der Waals surface area contributed by atoms with Crippen LogP contribution in [0.1, 0.15) is 12.8 Å². The summed E-state index contributed by atoms with van der Waals surface area (Å²) < 4.78 is 1.38. The lowest BCUT2D eigenvalue weighted by atomic mass is 10.3. The molecule has 5 fully saturated rings. The lowest BCUT2D eigenvalue weighted by molar-refractivity contribution is -0.989. The first-order valence-corrected chi connectivity index (χ1v) is 5.37. The third-order valence-corrected chi connectivity index (χ3v) is 3.97. The predicted molar refractivity (Wildman–Crippen MR) is 48.0 cm³/mol. The van der Waals surface area contributed by atoms with Crippen LogP contribution in [0.25, 0.3) is 0 Å². The van der Waals surface area contributed by atoms with Crippen LogP contribution in [0.15, 0.2) is 0 Å².